The Labute approximate surface area is 357 Å². The summed E-state index contributed by atoms with van der Waals surface area (Å²) >= 11 is 0. The number of benzene rings is 7. The van der Waals surface area contributed by atoms with Gasteiger partial charge in [-0.15, -0.1) is 0 Å². The van der Waals surface area contributed by atoms with Gasteiger partial charge in [0.1, 0.15) is 17.3 Å². The van der Waals surface area contributed by atoms with Crippen molar-refractivity contribution >= 4 is 21.8 Å². The molecule has 0 fully saturated rings. The number of fused-ring (bicyclic) bond motifs is 3. The van der Waals surface area contributed by atoms with Crippen LogP contribution in [-0.2, 0) is 0 Å². The number of hydrogen-bond acceptors (Lipinski definition) is 3. The molecule has 61 heavy (non-hydrogen) atoms. The van der Waals surface area contributed by atoms with Gasteiger partial charge in [0.05, 0.1) is 16.7 Å². The van der Waals surface area contributed by atoms with Crippen LogP contribution in [0.1, 0.15) is 27.8 Å². The largest absolute Gasteiger partial charge is 0.457 e. The molecule has 0 amide bonds. The number of aryl methyl sites for hydroxylation is 5. The van der Waals surface area contributed by atoms with E-state index in [1.165, 1.54) is 55.6 Å². The van der Waals surface area contributed by atoms with Crippen LogP contribution in [0.2, 0.25) is 0 Å². The van der Waals surface area contributed by atoms with Gasteiger partial charge < -0.3 is 4.74 Å². The first-order chi connectivity index (χ1) is 29.8. The Morgan fingerprint density at radius 2 is 1.02 bits per heavy atom. The minimum absolute atomic E-state index is 0.747. The summed E-state index contributed by atoms with van der Waals surface area (Å²) in [6.45, 7) is 10.7. The zero-order chi connectivity index (χ0) is 41.6. The molecule has 10 aromatic rings. The lowest BCUT2D eigenvalue weighted by Crippen LogP contribution is -1.99. The fourth-order valence-corrected chi connectivity index (χ4v) is 8.51. The van der Waals surface area contributed by atoms with E-state index in [9.17, 15) is 0 Å². The molecule has 10 rings (SSSR count). The van der Waals surface area contributed by atoms with Crippen molar-refractivity contribution in [3.8, 4) is 73.1 Å². The molecule has 0 aliphatic rings. The first-order valence-corrected chi connectivity index (χ1v) is 20.9. The van der Waals surface area contributed by atoms with Crippen LogP contribution < -0.4 is 4.74 Å². The molecular formula is C57H45N3O. The van der Waals surface area contributed by atoms with E-state index in [0.717, 1.165) is 67.1 Å². The van der Waals surface area contributed by atoms with Crippen molar-refractivity contribution in [3.63, 3.8) is 0 Å². The lowest BCUT2D eigenvalue weighted by atomic mass is 9.95. The second-order valence-electron chi connectivity index (χ2n) is 16.2. The van der Waals surface area contributed by atoms with Crippen LogP contribution in [-0.4, -0.2) is 14.5 Å². The first-order valence-electron chi connectivity index (χ1n) is 20.9. The minimum Gasteiger partial charge on any atom is -0.457 e. The molecule has 4 heteroatoms. The molecule has 7 aromatic carbocycles. The number of pyridine rings is 2. The van der Waals surface area contributed by atoms with Crippen molar-refractivity contribution in [2.75, 3.05) is 0 Å². The third-order valence-electron chi connectivity index (χ3n) is 12.0. The second kappa shape index (κ2) is 15.6. The summed E-state index contributed by atoms with van der Waals surface area (Å²) < 4.78 is 8.92. The van der Waals surface area contributed by atoms with Gasteiger partial charge in [-0.25, -0.2) is 4.98 Å². The van der Waals surface area contributed by atoms with E-state index >= 15 is 0 Å². The summed E-state index contributed by atoms with van der Waals surface area (Å²) in [4.78, 5) is 9.79. The predicted octanol–water partition coefficient (Wildman–Crippen LogP) is 15.2. The van der Waals surface area contributed by atoms with Crippen LogP contribution in [0.4, 0.5) is 0 Å². The molecule has 4 nitrogen and oxygen atoms in total. The summed E-state index contributed by atoms with van der Waals surface area (Å²) in [5.41, 5.74) is 19.6. The summed E-state index contributed by atoms with van der Waals surface area (Å²) in [5, 5.41) is 2.29. The number of rotatable bonds is 8. The molecule has 0 saturated heterocycles. The summed E-state index contributed by atoms with van der Waals surface area (Å²) in [6.07, 6.45) is 3.93. The topological polar surface area (TPSA) is 39.9 Å². The number of nitrogens with zero attached hydrogens (tertiary/aromatic N) is 3. The van der Waals surface area contributed by atoms with Crippen molar-refractivity contribution in [1.82, 2.24) is 14.5 Å². The number of aromatic nitrogens is 3. The van der Waals surface area contributed by atoms with E-state index in [1.807, 2.05) is 24.5 Å². The molecule has 0 aliphatic carbocycles. The van der Waals surface area contributed by atoms with Crippen molar-refractivity contribution in [2.24, 2.45) is 0 Å². The van der Waals surface area contributed by atoms with E-state index < -0.39 is 0 Å². The molecule has 0 aliphatic heterocycles. The van der Waals surface area contributed by atoms with Crippen LogP contribution >= 0.6 is 0 Å². The summed E-state index contributed by atoms with van der Waals surface area (Å²) in [7, 11) is 0. The van der Waals surface area contributed by atoms with Gasteiger partial charge in [0.2, 0.25) is 0 Å². The summed E-state index contributed by atoms with van der Waals surface area (Å²) in [5.74, 6) is 2.37. The smallest absolute Gasteiger partial charge is 0.137 e. The third kappa shape index (κ3) is 7.27. The number of ether oxygens (including phenoxy) is 1. The molecule has 3 heterocycles. The van der Waals surface area contributed by atoms with Gasteiger partial charge in [-0.05, 0) is 150 Å². The Balaban J connectivity index is 0.989. The van der Waals surface area contributed by atoms with Gasteiger partial charge >= 0.3 is 0 Å². The monoisotopic (exact) mass is 787 g/mol. The lowest BCUT2D eigenvalue weighted by Gasteiger charge is -2.13. The van der Waals surface area contributed by atoms with Crippen LogP contribution in [0.15, 0.2) is 182 Å². The fourth-order valence-electron chi connectivity index (χ4n) is 8.51. The van der Waals surface area contributed by atoms with Crippen molar-refractivity contribution < 1.29 is 4.74 Å². The molecule has 3 aromatic heterocycles. The molecule has 0 bridgehead atoms. The highest BCUT2D eigenvalue weighted by Crippen LogP contribution is 2.39. The van der Waals surface area contributed by atoms with Gasteiger partial charge in [-0.1, -0.05) is 121 Å². The van der Waals surface area contributed by atoms with Crippen LogP contribution in [0, 0.1) is 34.6 Å². The molecular weight excluding hydrogens is 743 g/mol. The molecule has 294 valence electrons. The van der Waals surface area contributed by atoms with E-state index in [4.69, 9.17) is 14.7 Å². The zero-order valence-corrected chi connectivity index (χ0v) is 35.1. The Kier molecular flexibility index (Phi) is 9.61. The van der Waals surface area contributed by atoms with E-state index in [1.54, 1.807) is 0 Å². The highest BCUT2D eigenvalue weighted by molar-refractivity contribution is 6.10. The fraction of sp³-hybridized carbons (Fsp3) is 0.0877. The van der Waals surface area contributed by atoms with E-state index in [0.29, 0.717) is 0 Å². The normalized spacial score (nSPS) is 11.4. The molecule has 0 spiro atoms. The van der Waals surface area contributed by atoms with Crippen molar-refractivity contribution in [3.05, 3.63) is 210 Å². The quantitative estimate of drug-likeness (QED) is 0.154. The molecule has 0 saturated carbocycles. The summed E-state index contributed by atoms with van der Waals surface area (Å²) in [6, 6.07) is 60.5. The minimum atomic E-state index is 0.747. The van der Waals surface area contributed by atoms with Crippen molar-refractivity contribution in [2.45, 2.75) is 34.6 Å². The second-order valence-corrected chi connectivity index (χ2v) is 16.2. The third-order valence-corrected chi connectivity index (χ3v) is 12.0. The Morgan fingerprint density at radius 1 is 0.377 bits per heavy atom. The maximum atomic E-state index is 6.66. The molecule has 0 atom stereocenters. The molecule has 0 unspecified atom stereocenters. The van der Waals surface area contributed by atoms with E-state index in [2.05, 4.69) is 197 Å². The first kappa shape index (κ1) is 37.7. The van der Waals surface area contributed by atoms with Gasteiger partial charge in [-0.3, -0.25) is 9.55 Å². The van der Waals surface area contributed by atoms with Gasteiger partial charge in [0.25, 0.3) is 0 Å². The standard InChI is InChI=1S/C57H45N3O/c1-36-14-25-50(38(3)28-36)52-33-54(58-35-40(52)5)47-12-9-13-48(30-47)61-49-24-26-51-53-31-46(23-27-55(53)60(56(51)32-49)57-29-37(2)39(4)34-59-57)45-21-19-44(20-22-45)43-17-15-42(16-18-43)41-10-7-6-8-11-41/h6-35H,1-5H3. The number of hydrogen-bond donors (Lipinski definition) is 0. The molecule has 0 N–H and O–H groups in total. The van der Waals surface area contributed by atoms with Gasteiger partial charge in [-0.2, -0.15) is 0 Å². The Bertz CT molecular complexity index is 3250. The Hall–Kier alpha value is -7.56. The Morgan fingerprint density at radius 3 is 1.72 bits per heavy atom. The van der Waals surface area contributed by atoms with E-state index in [-0.39, 0.29) is 0 Å². The average Bonchev–Trinajstić information content (AvgIpc) is 3.61. The lowest BCUT2D eigenvalue weighted by molar-refractivity contribution is 0.483. The zero-order valence-electron chi connectivity index (χ0n) is 35.1. The highest BCUT2D eigenvalue weighted by Gasteiger charge is 2.17. The van der Waals surface area contributed by atoms with Gasteiger partial charge in [0, 0.05) is 34.8 Å². The van der Waals surface area contributed by atoms with Crippen LogP contribution in [0.3, 0.4) is 0 Å². The predicted molar refractivity (Wildman–Crippen MR) is 254 cm³/mol. The van der Waals surface area contributed by atoms with Gasteiger partial charge in [0.15, 0.2) is 0 Å². The average molecular weight is 788 g/mol. The highest BCUT2D eigenvalue weighted by atomic mass is 16.5. The maximum Gasteiger partial charge on any atom is 0.137 e. The van der Waals surface area contributed by atoms with Crippen molar-refractivity contribution in [1.29, 1.82) is 0 Å². The maximum absolute atomic E-state index is 6.66. The molecule has 0 radical (unpaired) electrons. The van der Waals surface area contributed by atoms with Crippen LogP contribution in [0.25, 0.3) is 83.4 Å². The van der Waals surface area contributed by atoms with Crippen LogP contribution in [0.5, 0.6) is 11.5 Å². The SMILES string of the molecule is Cc1ccc(-c2cc(-c3cccc(Oc4ccc5c6cc(-c7ccc(-c8ccc(-c9ccccc9)cc8)cc7)ccc6n(-c6cc(C)c(C)cn6)c5c4)c3)ncc2C)c(C)c1.